The normalized spacial score (nSPS) is 9.61. The summed E-state index contributed by atoms with van der Waals surface area (Å²) in [4.78, 5) is 15.5. The molecule has 2 aromatic carbocycles. The van der Waals surface area contributed by atoms with E-state index in [4.69, 9.17) is 5.11 Å². The molecule has 28 heavy (non-hydrogen) atoms. The van der Waals surface area contributed by atoms with E-state index >= 15 is 0 Å². The van der Waals surface area contributed by atoms with Crippen LogP contribution in [0.2, 0.25) is 0 Å². The topological polar surface area (TPSA) is 70.6 Å². The Morgan fingerprint density at radius 3 is 2.29 bits per heavy atom. The molecule has 0 fully saturated rings. The van der Waals surface area contributed by atoms with Crippen molar-refractivity contribution >= 4 is 32.2 Å². The average Bonchev–Trinajstić information content (AvgIpc) is 2.70. The van der Waals surface area contributed by atoms with E-state index in [1.54, 1.807) is 13.1 Å². The first kappa shape index (κ1) is 26.1. The molecule has 0 saturated carbocycles. The summed E-state index contributed by atoms with van der Waals surface area (Å²) in [5, 5.41) is 10.9. The molecule has 2 rings (SSSR count). The van der Waals surface area contributed by atoms with Crippen molar-refractivity contribution in [1.29, 1.82) is 0 Å². The third-order valence-corrected chi connectivity index (χ3v) is 3.79. The third-order valence-electron chi connectivity index (χ3n) is 3.37. The molecule has 0 amide bonds. The number of benzene rings is 2. The van der Waals surface area contributed by atoms with Crippen LogP contribution in [-0.2, 0) is 4.84 Å². The predicted octanol–water partition coefficient (Wildman–Crippen LogP) is 3.79. The zero-order valence-electron chi connectivity index (χ0n) is 16.9. The molecule has 0 radical (unpaired) electrons. The molecular formula is C20H29F2N2O3P. The Balaban J connectivity index is 0.000000780. The van der Waals surface area contributed by atoms with Gasteiger partial charge in [-0.1, -0.05) is 31.5 Å². The van der Waals surface area contributed by atoms with E-state index in [0.29, 0.717) is 18.6 Å². The monoisotopic (exact) mass is 414 g/mol. The van der Waals surface area contributed by atoms with E-state index in [1.165, 1.54) is 6.07 Å². The number of aliphatic hydroxyl groups excluding tert-OH is 1. The van der Waals surface area contributed by atoms with Crippen molar-refractivity contribution in [2.75, 3.05) is 25.6 Å². The summed E-state index contributed by atoms with van der Waals surface area (Å²) in [5.41, 5.74) is 4.93. The largest absolute Gasteiger partial charge is 0.394 e. The number of hydroxylamine groups is 1. The summed E-state index contributed by atoms with van der Waals surface area (Å²) in [6, 6.07) is 6.84. The molecule has 1 unspecified atom stereocenters. The first-order valence-corrected chi connectivity index (χ1v) is 9.39. The number of rotatable bonds is 6. The Morgan fingerprint density at radius 2 is 1.82 bits per heavy atom. The number of carbonyl (C=O) groups is 1. The van der Waals surface area contributed by atoms with Crippen molar-refractivity contribution in [1.82, 2.24) is 5.48 Å². The second-order valence-electron chi connectivity index (χ2n) is 5.40. The van der Waals surface area contributed by atoms with Gasteiger partial charge in [-0.25, -0.2) is 14.3 Å². The maximum absolute atomic E-state index is 14.0. The molecule has 0 aliphatic rings. The molecule has 0 bridgehead atoms. The Hall–Kier alpha value is -1.92. The highest BCUT2D eigenvalue weighted by atomic mass is 31.0. The molecule has 0 heterocycles. The zero-order valence-corrected chi connectivity index (χ0v) is 18.1. The molecule has 5 nitrogen and oxygen atoms in total. The summed E-state index contributed by atoms with van der Waals surface area (Å²) in [6.45, 7) is 8.22. The number of carbonyl (C=O) groups excluding carboxylic acids is 1. The minimum absolute atomic E-state index is 0.0239. The smallest absolute Gasteiger partial charge is 0.183 e. The average molecular weight is 414 g/mol. The van der Waals surface area contributed by atoms with Gasteiger partial charge in [0.15, 0.2) is 17.9 Å². The maximum Gasteiger partial charge on any atom is 0.183 e. The van der Waals surface area contributed by atoms with Gasteiger partial charge in [0, 0.05) is 23.6 Å². The fraction of sp³-hybridized carbons (Fsp3) is 0.350. The fourth-order valence-corrected chi connectivity index (χ4v) is 2.43. The van der Waals surface area contributed by atoms with Gasteiger partial charge in [-0.2, -0.15) is 0 Å². The molecule has 0 aliphatic carbocycles. The van der Waals surface area contributed by atoms with Crippen LogP contribution in [0, 0.1) is 25.5 Å². The lowest BCUT2D eigenvalue weighted by atomic mass is 10.1. The van der Waals surface area contributed by atoms with Crippen LogP contribution in [0.3, 0.4) is 0 Å². The fourth-order valence-electron chi connectivity index (χ4n) is 2.12. The van der Waals surface area contributed by atoms with E-state index in [9.17, 15) is 13.6 Å². The van der Waals surface area contributed by atoms with Gasteiger partial charge in [0.05, 0.1) is 18.9 Å². The molecule has 2 aromatic rings. The first-order chi connectivity index (χ1) is 13.3. The van der Waals surface area contributed by atoms with Crippen LogP contribution >= 0.6 is 9.24 Å². The summed E-state index contributed by atoms with van der Waals surface area (Å²) in [5.74, 6) is -2.03. The van der Waals surface area contributed by atoms with E-state index in [0.717, 1.165) is 11.1 Å². The van der Waals surface area contributed by atoms with Crippen molar-refractivity contribution in [3.8, 4) is 0 Å². The van der Waals surface area contributed by atoms with Crippen LogP contribution in [0.25, 0.3) is 0 Å². The van der Waals surface area contributed by atoms with E-state index in [-0.39, 0.29) is 23.2 Å². The second kappa shape index (κ2) is 14.1. The van der Waals surface area contributed by atoms with Crippen LogP contribution in [0.1, 0.15) is 35.3 Å². The van der Waals surface area contributed by atoms with Gasteiger partial charge in [-0.15, -0.1) is 9.24 Å². The molecule has 0 saturated heterocycles. The van der Waals surface area contributed by atoms with E-state index in [1.807, 2.05) is 39.8 Å². The minimum Gasteiger partial charge on any atom is -0.394 e. The van der Waals surface area contributed by atoms with Crippen molar-refractivity contribution in [3.05, 3.63) is 52.6 Å². The molecule has 8 heteroatoms. The number of aryl methyl sites for hydroxylation is 2. The van der Waals surface area contributed by atoms with Gasteiger partial charge in [0.2, 0.25) is 0 Å². The zero-order chi connectivity index (χ0) is 21.7. The first-order valence-electron chi connectivity index (χ1n) is 8.82. The lowest BCUT2D eigenvalue weighted by Crippen LogP contribution is -2.10. The van der Waals surface area contributed by atoms with E-state index in [2.05, 4.69) is 24.9 Å². The molecule has 156 valence electrons. The maximum atomic E-state index is 14.0. The lowest BCUT2D eigenvalue weighted by molar-refractivity contribution is 0.0314. The summed E-state index contributed by atoms with van der Waals surface area (Å²) in [6.07, 6.45) is 0.502. The van der Waals surface area contributed by atoms with Crippen LogP contribution in [0.15, 0.2) is 24.3 Å². The molecule has 3 N–H and O–H groups in total. The van der Waals surface area contributed by atoms with Gasteiger partial charge in [0.1, 0.15) is 0 Å². The number of aliphatic hydroxyl groups is 1. The number of halogens is 2. The highest BCUT2D eigenvalue weighted by molar-refractivity contribution is 7.27. The Labute approximate surface area is 167 Å². The van der Waals surface area contributed by atoms with Crippen LogP contribution in [-0.4, -0.2) is 31.7 Å². The van der Waals surface area contributed by atoms with Gasteiger partial charge in [0.25, 0.3) is 0 Å². The van der Waals surface area contributed by atoms with Gasteiger partial charge in [-0.3, -0.25) is 9.63 Å². The Morgan fingerprint density at radius 1 is 1.18 bits per heavy atom. The predicted molar refractivity (Wildman–Crippen MR) is 114 cm³/mol. The SMILES string of the molecule is CC.CNOCCO.Cc1ccc(Nc2c(C=O)cc(P)c(F)c2F)c(C)c1. The van der Waals surface area contributed by atoms with Crippen molar-refractivity contribution in [2.45, 2.75) is 27.7 Å². The molecular weight excluding hydrogens is 385 g/mol. The summed E-state index contributed by atoms with van der Waals surface area (Å²) < 4.78 is 27.6. The third kappa shape index (κ3) is 7.98. The number of aldehydes is 1. The van der Waals surface area contributed by atoms with E-state index < -0.39 is 11.6 Å². The number of hydrogen-bond acceptors (Lipinski definition) is 5. The van der Waals surface area contributed by atoms with Crippen LogP contribution < -0.4 is 16.1 Å². The lowest BCUT2D eigenvalue weighted by Gasteiger charge is -2.14. The Kier molecular flexibility index (Phi) is 13.2. The van der Waals surface area contributed by atoms with Crippen molar-refractivity contribution < 1.29 is 23.5 Å². The Bertz CT molecular complexity index is 755. The molecule has 0 aliphatic heterocycles. The highest BCUT2D eigenvalue weighted by Crippen LogP contribution is 2.27. The minimum atomic E-state index is -1.06. The van der Waals surface area contributed by atoms with Crippen molar-refractivity contribution in [2.24, 2.45) is 0 Å². The van der Waals surface area contributed by atoms with Crippen LogP contribution in [0.4, 0.5) is 20.2 Å². The van der Waals surface area contributed by atoms with Gasteiger partial charge in [-0.05, 0) is 31.5 Å². The number of anilines is 2. The second-order valence-corrected chi connectivity index (χ2v) is 6.02. The quantitative estimate of drug-likeness (QED) is 0.290. The van der Waals surface area contributed by atoms with Crippen LogP contribution in [0.5, 0.6) is 0 Å². The number of hydrogen-bond donors (Lipinski definition) is 3. The molecule has 0 spiro atoms. The molecule has 1 atom stereocenters. The molecule has 0 aromatic heterocycles. The standard InChI is InChI=1S/C15H14F2NOP.C3H9NO2.C2H6/c1-8-3-4-11(9(2)5-8)18-15-10(7-19)6-12(20)13(16)14(15)17;1-4-6-3-2-5;1-2/h3-7,18H,20H2,1-2H3;4-5H,2-3H2,1H3;1-2H3. The van der Waals surface area contributed by atoms with Gasteiger partial charge >= 0.3 is 0 Å². The number of nitrogens with one attached hydrogen (secondary N) is 2. The highest BCUT2D eigenvalue weighted by Gasteiger charge is 2.17. The van der Waals surface area contributed by atoms with Gasteiger partial charge < -0.3 is 10.4 Å². The van der Waals surface area contributed by atoms with Crippen molar-refractivity contribution in [3.63, 3.8) is 0 Å². The summed E-state index contributed by atoms with van der Waals surface area (Å²) in [7, 11) is 3.72. The summed E-state index contributed by atoms with van der Waals surface area (Å²) >= 11 is 0.